The molecule has 1 aliphatic heterocycles. The lowest BCUT2D eigenvalue weighted by Gasteiger charge is -2.33. The van der Waals surface area contributed by atoms with Crippen molar-refractivity contribution in [1.82, 2.24) is 10.2 Å². The Labute approximate surface area is 93.2 Å². The molecule has 0 radical (unpaired) electrons. The average Bonchev–Trinajstić information content (AvgIpc) is 2.27. The van der Waals surface area contributed by atoms with Crippen LogP contribution in [0.25, 0.3) is 0 Å². The van der Waals surface area contributed by atoms with Gasteiger partial charge in [-0.2, -0.15) is 0 Å². The predicted molar refractivity (Wildman–Crippen MR) is 63.1 cm³/mol. The minimum Gasteiger partial charge on any atom is -0.317 e. The summed E-state index contributed by atoms with van der Waals surface area (Å²) >= 11 is 0. The van der Waals surface area contributed by atoms with Crippen LogP contribution < -0.4 is 5.32 Å². The van der Waals surface area contributed by atoms with Crippen molar-refractivity contribution in [3.8, 4) is 0 Å². The van der Waals surface area contributed by atoms with Gasteiger partial charge in [0.1, 0.15) is 5.78 Å². The van der Waals surface area contributed by atoms with Crippen molar-refractivity contribution in [2.45, 2.75) is 45.6 Å². The van der Waals surface area contributed by atoms with Gasteiger partial charge in [0.05, 0.1) is 6.54 Å². The second-order valence-electron chi connectivity index (χ2n) is 4.33. The largest absolute Gasteiger partial charge is 0.317 e. The van der Waals surface area contributed by atoms with Crippen molar-refractivity contribution in [2.75, 3.05) is 26.2 Å². The molecule has 1 fully saturated rings. The highest BCUT2D eigenvalue weighted by molar-refractivity contribution is 5.80. The molecule has 0 aliphatic carbocycles. The highest BCUT2D eigenvalue weighted by Crippen LogP contribution is 2.11. The lowest BCUT2D eigenvalue weighted by molar-refractivity contribution is -0.120. The van der Waals surface area contributed by atoms with E-state index in [-0.39, 0.29) is 0 Å². The molecule has 1 heterocycles. The van der Waals surface area contributed by atoms with E-state index in [1.807, 2.05) is 0 Å². The number of hydrogen-bond donors (Lipinski definition) is 1. The third kappa shape index (κ3) is 4.31. The summed E-state index contributed by atoms with van der Waals surface area (Å²) in [4.78, 5) is 13.9. The van der Waals surface area contributed by atoms with E-state index in [2.05, 4.69) is 24.1 Å². The molecule has 15 heavy (non-hydrogen) atoms. The summed E-state index contributed by atoms with van der Waals surface area (Å²) < 4.78 is 0. The van der Waals surface area contributed by atoms with Crippen molar-refractivity contribution in [3.63, 3.8) is 0 Å². The smallest absolute Gasteiger partial charge is 0.146 e. The van der Waals surface area contributed by atoms with Crippen molar-refractivity contribution >= 4 is 5.78 Å². The van der Waals surface area contributed by atoms with Gasteiger partial charge < -0.3 is 5.32 Å². The van der Waals surface area contributed by atoms with E-state index in [1.165, 1.54) is 12.8 Å². The molecule has 0 aromatic heterocycles. The van der Waals surface area contributed by atoms with E-state index >= 15 is 0 Å². The molecule has 0 saturated carbocycles. The van der Waals surface area contributed by atoms with E-state index < -0.39 is 0 Å². The predicted octanol–water partition coefficient (Wildman–Crippen LogP) is 1.43. The molecule has 1 saturated heterocycles. The number of nitrogens with zero attached hydrogens (tertiary/aromatic N) is 1. The summed E-state index contributed by atoms with van der Waals surface area (Å²) in [6.45, 7) is 8.08. The molecular formula is C12H24N2O. The molecule has 0 aromatic rings. The number of carbonyl (C=O) groups is 1. The molecule has 1 aliphatic rings. The Kier molecular flexibility index (Phi) is 5.88. The average molecular weight is 212 g/mol. The Bertz CT molecular complexity index is 188. The number of piperidine rings is 1. The zero-order chi connectivity index (χ0) is 11.1. The zero-order valence-corrected chi connectivity index (χ0v) is 10.1. The third-order valence-electron chi connectivity index (χ3n) is 3.14. The molecule has 0 bridgehead atoms. The molecular weight excluding hydrogens is 188 g/mol. The van der Waals surface area contributed by atoms with Crippen molar-refractivity contribution in [3.05, 3.63) is 0 Å². The summed E-state index contributed by atoms with van der Waals surface area (Å²) in [5.41, 5.74) is 0. The Morgan fingerprint density at radius 2 is 2.00 bits per heavy atom. The molecule has 0 spiro atoms. The summed E-state index contributed by atoms with van der Waals surface area (Å²) in [5.74, 6) is 0.401. The van der Waals surface area contributed by atoms with Gasteiger partial charge in [-0.3, -0.25) is 9.69 Å². The van der Waals surface area contributed by atoms with Crippen LogP contribution >= 0.6 is 0 Å². The maximum absolute atomic E-state index is 11.6. The summed E-state index contributed by atoms with van der Waals surface area (Å²) in [6.07, 6.45) is 4.09. The first-order valence-corrected chi connectivity index (χ1v) is 6.24. The molecule has 88 valence electrons. The van der Waals surface area contributed by atoms with Gasteiger partial charge in [-0.05, 0) is 38.9 Å². The normalized spacial score (nSPS) is 18.3. The van der Waals surface area contributed by atoms with E-state index in [4.69, 9.17) is 0 Å². The van der Waals surface area contributed by atoms with Crippen LogP contribution in [-0.4, -0.2) is 42.9 Å². The molecule has 3 nitrogen and oxygen atoms in total. The fraction of sp³-hybridized carbons (Fsp3) is 0.917. The van der Waals surface area contributed by atoms with E-state index in [9.17, 15) is 4.79 Å². The van der Waals surface area contributed by atoms with Gasteiger partial charge in [0.25, 0.3) is 0 Å². The van der Waals surface area contributed by atoms with Crippen molar-refractivity contribution in [2.24, 2.45) is 0 Å². The van der Waals surface area contributed by atoms with Crippen molar-refractivity contribution in [1.29, 1.82) is 0 Å². The first-order chi connectivity index (χ1) is 7.27. The van der Waals surface area contributed by atoms with Gasteiger partial charge in [-0.1, -0.05) is 13.8 Å². The number of rotatable bonds is 6. The van der Waals surface area contributed by atoms with Crippen LogP contribution in [-0.2, 0) is 4.79 Å². The second-order valence-corrected chi connectivity index (χ2v) is 4.33. The van der Waals surface area contributed by atoms with Crippen LogP contribution in [0.5, 0.6) is 0 Å². The molecule has 3 heteroatoms. The van der Waals surface area contributed by atoms with Gasteiger partial charge in [-0.25, -0.2) is 0 Å². The summed E-state index contributed by atoms with van der Waals surface area (Å²) in [6, 6.07) is 0.622. The molecule has 0 amide bonds. The first-order valence-electron chi connectivity index (χ1n) is 6.24. The van der Waals surface area contributed by atoms with Crippen LogP contribution in [0.1, 0.15) is 39.5 Å². The zero-order valence-electron chi connectivity index (χ0n) is 10.1. The van der Waals surface area contributed by atoms with Gasteiger partial charge in [0.2, 0.25) is 0 Å². The summed E-state index contributed by atoms with van der Waals surface area (Å²) in [7, 11) is 0. The lowest BCUT2D eigenvalue weighted by atomic mass is 10.0. The minimum atomic E-state index is 0.401. The topological polar surface area (TPSA) is 32.3 Å². The Morgan fingerprint density at radius 3 is 2.53 bits per heavy atom. The highest BCUT2D eigenvalue weighted by atomic mass is 16.1. The fourth-order valence-electron chi connectivity index (χ4n) is 2.26. The summed E-state index contributed by atoms with van der Waals surface area (Å²) in [5, 5.41) is 3.36. The van der Waals surface area contributed by atoms with Crippen LogP contribution in [0, 0.1) is 0 Å². The van der Waals surface area contributed by atoms with Crippen LogP contribution in [0.2, 0.25) is 0 Å². The SMILES string of the molecule is CCCC(=O)CN(CC)C1CCNCC1. The van der Waals surface area contributed by atoms with Crippen LogP contribution in [0.15, 0.2) is 0 Å². The highest BCUT2D eigenvalue weighted by Gasteiger charge is 2.20. The fourth-order valence-corrected chi connectivity index (χ4v) is 2.26. The Morgan fingerprint density at radius 1 is 1.33 bits per heavy atom. The molecule has 0 unspecified atom stereocenters. The number of Topliss-reactive ketones (excluding diaryl/α,β-unsaturated/α-hetero) is 1. The maximum Gasteiger partial charge on any atom is 0.146 e. The number of nitrogens with one attached hydrogen (secondary N) is 1. The Hall–Kier alpha value is -0.410. The molecule has 0 atom stereocenters. The van der Waals surface area contributed by atoms with E-state index in [0.717, 1.165) is 32.5 Å². The standard InChI is InChI=1S/C12H24N2O/c1-3-5-12(15)10-14(4-2)11-6-8-13-9-7-11/h11,13H,3-10H2,1-2H3. The number of ketones is 1. The monoisotopic (exact) mass is 212 g/mol. The van der Waals surface area contributed by atoms with Gasteiger partial charge >= 0.3 is 0 Å². The van der Waals surface area contributed by atoms with E-state index in [0.29, 0.717) is 18.4 Å². The molecule has 1 N–H and O–H groups in total. The van der Waals surface area contributed by atoms with Gasteiger partial charge in [0.15, 0.2) is 0 Å². The van der Waals surface area contributed by atoms with Crippen molar-refractivity contribution < 1.29 is 4.79 Å². The van der Waals surface area contributed by atoms with Gasteiger partial charge in [0, 0.05) is 12.5 Å². The number of hydrogen-bond acceptors (Lipinski definition) is 3. The van der Waals surface area contributed by atoms with Gasteiger partial charge in [-0.15, -0.1) is 0 Å². The maximum atomic E-state index is 11.6. The molecule has 1 rings (SSSR count). The first kappa shape index (κ1) is 12.7. The second kappa shape index (κ2) is 6.96. The third-order valence-corrected chi connectivity index (χ3v) is 3.14. The van der Waals surface area contributed by atoms with E-state index in [1.54, 1.807) is 0 Å². The minimum absolute atomic E-state index is 0.401. The van der Waals surface area contributed by atoms with Crippen LogP contribution in [0.3, 0.4) is 0 Å². The Balaban J connectivity index is 2.36. The molecule has 0 aromatic carbocycles. The quantitative estimate of drug-likeness (QED) is 0.723. The number of carbonyl (C=O) groups excluding carboxylic acids is 1. The number of likely N-dealkylation sites (N-methyl/N-ethyl adjacent to an activating group) is 1. The van der Waals surface area contributed by atoms with Crippen LogP contribution in [0.4, 0.5) is 0 Å². The lowest BCUT2D eigenvalue weighted by Crippen LogP contribution is -2.45.